The molecule has 2 heterocycles. The first-order valence-corrected chi connectivity index (χ1v) is 8.40. The van der Waals surface area contributed by atoms with Crippen molar-refractivity contribution in [2.24, 2.45) is 0 Å². The number of para-hydroxylation sites is 1. The van der Waals surface area contributed by atoms with E-state index < -0.39 is 0 Å². The minimum absolute atomic E-state index is 0.135. The second kappa shape index (κ2) is 5.94. The van der Waals surface area contributed by atoms with Crippen LogP contribution in [0.25, 0.3) is 22.6 Å². The predicted octanol–water partition coefficient (Wildman–Crippen LogP) is 5.12. The van der Waals surface area contributed by atoms with Crippen molar-refractivity contribution in [2.75, 3.05) is 5.32 Å². The van der Waals surface area contributed by atoms with E-state index in [0.29, 0.717) is 16.5 Å². The van der Waals surface area contributed by atoms with Gasteiger partial charge in [-0.2, -0.15) is 0 Å². The van der Waals surface area contributed by atoms with E-state index in [0.717, 1.165) is 22.2 Å². The smallest absolute Gasteiger partial charge is 0.265 e. The third kappa shape index (κ3) is 2.70. The second-order valence-electron chi connectivity index (χ2n) is 5.47. The first-order valence-electron chi connectivity index (χ1n) is 7.52. The molecule has 0 fully saturated rings. The molecular formula is C19H14N2O2S. The van der Waals surface area contributed by atoms with Crippen LogP contribution >= 0.6 is 11.3 Å². The van der Waals surface area contributed by atoms with E-state index in [-0.39, 0.29) is 5.91 Å². The number of thiophene rings is 1. The zero-order valence-corrected chi connectivity index (χ0v) is 13.8. The van der Waals surface area contributed by atoms with Crippen LogP contribution in [0.15, 0.2) is 64.4 Å². The van der Waals surface area contributed by atoms with Gasteiger partial charge in [0.15, 0.2) is 5.58 Å². The lowest BCUT2D eigenvalue weighted by Crippen LogP contribution is -2.10. The molecule has 0 unspecified atom stereocenters. The van der Waals surface area contributed by atoms with E-state index in [4.69, 9.17) is 4.42 Å². The van der Waals surface area contributed by atoms with Crippen LogP contribution in [0.2, 0.25) is 0 Å². The Morgan fingerprint density at radius 1 is 1.12 bits per heavy atom. The van der Waals surface area contributed by atoms with E-state index in [9.17, 15) is 4.79 Å². The van der Waals surface area contributed by atoms with Crippen LogP contribution in [-0.2, 0) is 0 Å². The topological polar surface area (TPSA) is 55.1 Å². The van der Waals surface area contributed by atoms with Gasteiger partial charge < -0.3 is 9.73 Å². The number of fused-ring (bicyclic) bond motifs is 1. The van der Waals surface area contributed by atoms with Crippen LogP contribution in [-0.4, -0.2) is 10.9 Å². The molecule has 4 rings (SSSR count). The lowest BCUT2D eigenvalue weighted by molar-refractivity contribution is 0.103. The third-order valence-electron chi connectivity index (χ3n) is 3.69. The van der Waals surface area contributed by atoms with Crippen molar-refractivity contribution < 1.29 is 9.21 Å². The summed E-state index contributed by atoms with van der Waals surface area (Å²) in [5, 5.41) is 4.82. The maximum atomic E-state index is 12.3. The van der Waals surface area contributed by atoms with Crippen LogP contribution in [0.4, 0.5) is 5.69 Å². The maximum absolute atomic E-state index is 12.3. The van der Waals surface area contributed by atoms with Gasteiger partial charge in [-0.15, -0.1) is 11.3 Å². The number of carbonyl (C=O) groups excluding carboxylic acids is 1. The zero-order valence-electron chi connectivity index (χ0n) is 12.9. The summed E-state index contributed by atoms with van der Waals surface area (Å²) in [7, 11) is 0. The number of aryl methyl sites for hydroxylation is 1. The molecule has 2 aromatic heterocycles. The Kier molecular flexibility index (Phi) is 3.63. The molecule has 0 radical (unpaired) electrons. The summed E-state index contributed by atoms with van der Waals surface area (Å²) in [6, 6.07) is 17.0. The first kappa shape index (κ1) is 14.7. The molecule has 0 aliphatic carbocycles. The number of rotatable bonds is 3. The van der Waals surface area contributed by atoms with Crippen molar-refractivity contribution >= 4 is 34.0 Å². The minimum Gasteiger partial charge on any atom is -0.436 e. The Labute approximate surface area is 142 Å². The molecule has 0 bridgehead atoms. The fraction of sp³-hybridized carbons (Fsp3) is 0.0526. The molecule has 0 spiro atoms. The van der Waals surface area contributed by atoms with Crippen LogP contribution < -0.4 is 5.32 Å². The van der Waals surface area contributed by atoms with E-state index in [1.54, 1.807) is 6.07 Å². The number of nitrogens with zero attached hydrogens (tertiary/aromatic N) is 1. The standard InChI is InChI=1S/C19H14N2O2S/c1-12-8-9-16-15(11-12)21-19(23-16)13-5-2-3-6-14(13)20-18(22)17-7-4-10-24-17/h2-11H,1H3,(H,20,22). The van der Waals surface area contributed by atoms with Gasteiger partial charge in [0.05, 0.1) is 16.1 Å². The van der Waals surface area contributed by atoms with Gasteiger partial charge in [0, 0.05) is 0 Å². The first-order chi connectivity index (χ1) is 11.7. The molecule has 1 amide bonds. The van der Waals surface area contributed by atoms with Crippen LogP contribution in [0, 0.1) is 6.92 Å². The molecule has 0 aliphatic heterocycles. The highest BCUT2D eigenvalue weighted by molar-refractivity contribution is 7.12. The molecule has 2 aromatic carbocycles. The Morgan fingerprint density at radius 3 is 2.83 bits per heavy atom. The Morgan fingerprint density at radius 2 is 2.00 bits per heavy atom. The summed E-state index contributed by atoms with van der Waals surface area (Å²) in [5.74, 6) is 0.363. The molecule has 0 saturated carbocycles. The number of hydrogen-bond donors (Lipinski definition) is 1. The van der Waals surface area contributed by atoms with Crippen molar-refractivity contribution in [3.63, 3.8) is 0 Å². The van der Waals surface area contributed by atoms with Gasteiger partial charge in [0.2, 0.25) is 5.89 Å². The molecule has 4 aromatic rings. The Bertz CT molecular complexity index is 1020. The van der Waals surface area contributed by atoms with Crippen molar-refractivity contribution in [1.29, 1.82) is 0 Å². The van der Waals surface area contributed by atoms with E-state index >= 15 is 0 Å². The highest BCUT2D eigenvalue weighted by atomic mass is 32.1. The summed E-state index contributed by atoms with van der Waals surface area (Å²) >= 11 is 1.41. The number of aromatic nitrogens is 1. The molecule has 118 valence electrons. The summed E-state index contributed by atoms with van der Waals surface area (Å²) in [6.07, 6.45) is 0. The monoisotopic (exact) mass is 334 g/mol. The number of amides is 1. The van der Waals surface area contributed by atoms with Gasteiger partial charge in [-0.3, -0.25) is 4.79 Å². The van der Waals surface area contributed by atoms with E-state index in [2.05, 4.69) is 10.3 Å². The molecule has 4 nitrogen and oxygen atoms in total. The highest BCUT2D eigenvalue weighted by Gasteiger charge is 2.15. The van der Waals surface area contributed by atoms with Gasteiger partial charge >= 0.3 is 0 Å². The minimum atomic E-state index is -0.135. The Balaban J connectivity index is 1.73. The second-order valence-corrected chi connectivity index (χ2v) is 6.41. The normalized spacial score (nSPS) is 10.9. The van der Waals surface area contributed by atoms with Crippen molar-refractivity contribution in [2.45, 2.75) is 6.92 Å². The predicted molar refractivity (Wildman–Crippen MR) is 96.5 cm³/mol. The highest BCUT2D eigenvalue weighted by Crippen LogP contribution is 2.30. The van der Waals surface area contributed by atoms with Crippen molar-refractivity contribution in [1.82, 2.24) is 4.98 Å². The molecule has 0 atom stereocenters. The van der Waals surface area contributed by atoms with Gasteiger partial charge in [0.25, 0.3) is 5.91 Å². The van der Waals surface area contributed by atoms with Crippen molar-refractivity contribution in [3.05, 3.63) is 70.4 Å². The largest absolute Gasteiger partial charge is 0.436 e. The summed E-state index contributed by atoms with van der Waals surface area (Å²) in [4.78, 5) is 17.5. The number of carbonyl (C=O) groups is 1. The lowest BCUT2D eigenvalue weighted by Gasteiger charge is -2.07. The molecule has 1 N–H and O–H groups in total. The maximum Gasteiger partial charge on any atom is 0.265 e. The molecular weight excluding hydrogens is 320 g/mol. The number of benzene rings is 2. The van der Waals surface area contributed by atoms with Crippen LogP contribution in [0.3, 0.4) is 0 Å². The lowest BCUT2D eigenvalue weighted by atomic mass is 10.1. The number of nitrogens with one attached hydrogen (secondary N) is 1. The Hall–Kier alpha value is -2.92. The molecule has 0 aliphatic rings. The third-order valence-corrected chi connectivity index (χ3v) is 4.56. The summed E-state index contributed by atoms with van der Waals surface area (Å²) < 4.78 is 5.86. The molecule has 24 heavy (non-hydrogen) atoms. The van der Waals surface area contributed by atoms with Crippen LogP contribution in [0.5, 0.6) is 0 Å². The fourth-order valence-corrected chi connectivity index (χ4v) is 3.14. The number of oxazole rings is 1. The van der Waals surface area contributed by atoms with Gasteiger partial charge in [-0.25, -0.2) is 4.98 Å². The average molecular weight is 334 g/mol. The van der Waals surface area contributed by atoms with E-state index in [1.807, 2.05) is 60.8 Å². The SMILES string of the molecule is Cc1ccc2oc(-c3ccccc3NC(=O)c3cccs3)nc2c1. The zero-order chi connectivity index (χ0) is 16.5. The van der Waals surface area contributed by atoms with Crippen molar-refractivity contribution in [3.8, 4) is 11.5 Å². The summed E-state index contributed by atoms with van der Waals surface area (Å²) in [6.45, 7) is 2.02. The van der Waals surface area contributed by atoms with Gasteiger partial charge in [-0.1, -0.05) is 24.3 Å². The quantitative estimate of drug-likeness (QED) is 0.566. The molecule has 5 heteroatoms. The number of hydrogen-bond acceptors (Lipinski definition) is 4. The fourth-order valence-electron chi connectivity index (χ4n) is 2.52. The summed E-state index contributed by atoms with van der Waals surface area (Å²) in [5.41, 5.74) is 4.11. The van der Waals surface area contributed by atoms with Gasteiger partial charge in [0.1, 0.15) is 5.52 Å². The van der Waals surface area contributed by atoms with Crippen LogP contribution in [0.1, 0.15) is 15.2 Å². The van der Waals surface area contributed by atoms with Gasteiger partial charge in [-0.05, 0) is 48.2 Å². The number of anilines is 1. The average Bonchev–Trinajstić information content (AvgIpc) is 3.24. The van der Waals surface area contributed by atoms with E-state index in [1.165, 1.54) is 11.3 Å². The molecule has 0 saturated heterocycles.